The van der Waals surface area contributed by atoms with Crippen LogP contribution < -0.4 is 5.32 Å². The highest BCUT2D eigenvalue weighted by Gasteiger charge is 2.08. The number of halogens is 2. The van der Waals surface area contributed by atoms with Crippen molar-refractivity contribution in [3.8, 4) is 0 Å². The first-order valence-electron chi connectivity index (χ1n) is 6.06. The SMILES string of the molecule is O=C(Nc1ccc(CCO)cc1)c1ccc(F)c(Br)c1. The summed E-state index contributed by atoms with van der Waals surface area (Å²) in [4.78, 5) is 12.0. The van der Waals surface area contributed by atoms with E-state index in [2.05, 4.69) is 21.2 Å². The summed E-state index contributed by atoms with van der Waals surface area (Å²) in [7, 11) is 0. The molecule has 0 aromatic heterocycles. The summed E-state index contributed by atoms with van der Waals surface area (Å²) in [5.41, 5.74) is 2.02. The maximum atomic E-state index is 13.1. The van der Waals surface area contributed by atoms with Crippen LogP contribution in [0.2, 0.25) is 0 Å². The van der Waals surface area contributed by atoms with Gasteiger partial charge in [0.25, 0.3) is 5.91 Å². The number of hydrogen-bond acceptors (Lipinski definition) is 2. The second kappa shape index (κ2) is 6.63. The van der Waals surface area contributed by atoms with Gasteiger partial charge in [-0.25, -0.2) is 4.39 Å². The number of aliphatic hydroxyl groups excluding tert-OH is 1. The van der Waals surface area contributed by atoms with E-state index in [1.54, 1.807) is 12.1 Å². The van der Waals surface area contributed by atoms with Gasteiger partial charge in [-0.15, -0.1) is 0 Å². The maximum Gasteiger partial charge on any atom is 0.255 e. The quantitative estimate of drug-likeness (QED) is 0.898. The number of benzene rings is 2. The van der Waals surface area contributed by atoms with Crippen LogP contribution in [-0.2, 0) is 6.42 Å². The van der Waals surface area contributed by atoms with Gasteiger partial charge in [0.05, 0.1) is 4.47 Å². The summed E-state index contributed by atoms with van der Waals surface area (Å²) in [5.74, 6) is -0.712. The zero-order valence-corrected chi connectivity index (χ0v) is 12.2. The van der Waals surface area contributed by atoms with Crippen molar-refractivity contribution in [2.45, 2.75) is 6.42 Å². The van der Waals surface area contributed by atoms with Gasteiger partial charge >= 0.3 is 0 Å². The molecule has 2 N–H and O–H groups in total. The Morgan fingerprint density at radius 3 is 2.50 bits per heavy atom. The summed E-state index contributed by atoms with van der Waals surface area (Å²) in [5, 5.41) is 11.6. The van der Waals surface area contributed by atoms with Crippen LogP contribution in [0.1, 0.15) is 15.9 Å². The van der Waals surface area contributed by atoms with Crippen molar-refractivity contribution < 1.29 is 14.3 Å². The van der Waals surface area contributed by atoms with Gasteiger partial charge in [-0.3, -0.25) is 4.79 Å². The van der Waals surface area contributed by atoms with Gasteiger partial charge in [0.15, 0.2) is 0 Å². The zero-order chi connectivity index (χ0) is 14.5. The first-order chi connectivity index (χ1) is 9.60. The molecule has 1 amide bonds. The summed E-state index contributed by atoms with van der Waals surface area (Å²) in [6.45, 7) is 0.0926. The molecular formula is C15H13BrFNO2. The van der Waals surface area contributed by atoms with Crippen LogP contribution in [0.15, 0.2) is 46.9 Å². The lowest BCUT2D eigenvalue weighted by Crippen LogP contribution is -2.12. The molecule has 0 spiro atoms. The fourth-order valence-electron chi connectivity index (χ4n) is 1.72. The van der Waals surface area contributed by atoms with Gasteiger partial charge in [0, 0.05) is 17.9 Å². The monoisotopic (exact) mass is 337 g/mol. The number of anilines is 1. The maximum absolute atomic E-state index is 13.1. The van der Waals surface area contributed by atoms with Crippen LogP contribution >= 0.6 is 15.9 Å². The minimum Gasteiger partial charge on any atom is -0.396 e. The van der Waals surface area contributed by atoms with Crippen LogP contribution in [0.3, 0.4) is 0 Å². The first kappa shape index (κ1) is 14.7. The lowest BCUT2D eigenvalue weighted by molar-refractivity contribution is 0.102. The summed E-state index contributed by atoms with van der Waals surface area (Å²) in [6, 6.07) is 11.3. The molecule has 2 rings (SSSR count). The molecule has 3 nitrogen and oxygen atoms in total. The fraction of sp³-hybridized carbons (Fsp3) is 0.133. The lowest BCUT2D eigenvalue weighted by atomic mass is 10.1. The minimum atomic E-state index is -0.407. The van der Waals surface area contributed by atoms with Crippen LogP contribution in [0.25, 0.3) is 0 Å². The molecule has 104 valence electrons. The Balaban J connectivity index is 2.08. The van der Waals surface area contributed by atoms with Crippen molar-refractivity contribution in [2.75, 3.05) is 11.9 Å². The highest BCUT2D eigenvalue weighted by molar-refractivity contribution is 9.10. The number of carbonyl (C=O) groups excluding carboxylic acids is 1. The lowest BCUT2D eigenvalue weighted by Gasteiger charge is -2.07. The Kier molecular flexibility index (Phi) is 4.87. The average molecular weight is 338 g/mol. The normalized spacial score (nSPS) is 10.3. The highest BCUT2D eigenvalue weighted by atomic mass is 79.9. The topological polar surface area (TPSA) is 49.3 Å². The number of rotatable bonds is 4. The second-order valence-electron chi connectivity index (χ2n) is 4.25. The van der Waals surface area contributed by atoms with E-state index in [0.29, 0.717) is 17.7 Å². The summed E-state index contributed by atoms with van der Waals surface area (Å²) >= 11 is 3.05. The molecule has 0 aliphatic rings. The molecule has 0 unspecified atom stereocenters. The molecule has 0 bridgehead atoms. The predicted octanol–water partition coefficient (Wildman–Crippen LogP) is 3.38. The molecule has 0 saturated heterocycles. The molecule has 0 atom stereocenters. The highest BCUT2D eigenvalue weighted by Crippen LogP contribution is 2.18. The van der Waals surface area contributed by atoms with E-state index in [1.807, 2.05) is 12.1 Å². The van der Waals surface area contributed by atoms with Gasteiger partial charge in [-0.1, -0.05) is 12.1 Å². The summed E-state index contributed by atoms with van der Waals surface area (Å²) in [6.07, 6.45) is 0.582. The Labute approximate surface area is 124 Å². The van der Waals surface area contributed by atoms with Gasteiger partial charge in [-0.2, -0.15) is 0 Å². The Bertz CT molecular complexity index is 614. The molecule has 2 aromatic rings. The van der Waals surface area contributed by atoms with E-state index in [9.17, 15) is 9.18 Å². The van der Waals surface area contributed by atoms with Crippen LogP contribution in [-0.4, -0.2) is 17.6 Å². The third-order valence-corrected chi connectivity index (χ3v) is 3.40. The molecular weight excluding hydrogens is 325 g/mol. The van der Waals surface area contributed by atoms with E-state index >= 15 is 0 Å². The van der Waals surface area contributed by atoms with E-state index in [1.165, 1.54) is 18.2 Å². The van der Waals surface area contributed by atoms with E-state index in [4.69, 9.17) is 5.11 Å². The van der Waals surface area contributed by atoms with Crippen LogP contribution in [0, 0.1) is 5.82 Å². The van der Waals surface area contributed by atoms with Gasteiger partial charge in [0.2, 0.25) is 0 Å². The third-order valence-electron chi connectivity index (χ3n) is 2.79. The van der Waals surface area contributed by atoms with Crippen molar-refractivity contribution in [1.29, 1.82) is 0 Å². The smallest absolute Gasteiger partial charge is 0.255 e. The number of carbonyl (C=O) groups is 1. The first-order valence-corrected chi connectivity index (χ1v) is 6.85. The van der Waals surface area contributed by atoms with Crippen molar-refractivity contribution >= 4 is 27.5 Å². The van der Waals surface area contributed by atoms with Crippen molar-refractivity contribution in [1.82, 2.24) is 0 Å². The minimum absolute atomic E-state index is 0.0926. The second-order valence-corrected chi connectivity index (χ2v) is 5.11. The van der Waals surface area contributed by atoms with Gasteiger partial charge in [0.1, 0.15) is 5.82 Å². The predicted molar refractivity (Wildman–Crippen MR) is 79.3 cm³/mol. The Morgan fingerprint density at radius 1 is 1.20 bits per heavy atom. The molecule has 5 heteroatoms. The molecule has 0 saturated carbocycles. The molecule has 0 aliphatic carbocycles. The molecule has 0 radical (unpaired) electrons. The summed E-state index contributed by atoms with van der Waals surface area (Å²) < 4.78 is 13.4. The average Bonchev–Trinajstić information content (AvgIpc) is 2.44. The van der Waals surface area contributed by atoms with Crippen molar-refractivity contribution in [2.24, 2.45) is 0 Å². The number of aliphatic hydroxyl groups is 1. The fourth-order valence-corrected chi connectivity index (χ4v) is 2.10. The standard InChI is InChI=1S/C15H13BrFNO2/c16-13-9-11(3-6-14(13)17)15(20)18-12-4-1-10(2-5-12)7-8-19/h1-6,9,19H,7-8H2,(H,18,20). The molecule has 0 fully saturated rings. The number of amides is 1. The van der Waals surface area contributed by atoms with Crippen molar-refractivity contribution in [3.05, 3.63) is 63.9 Å². The molecule has 0 heterocycles. The van der Waals surface area contributed by atoms with E-state index in [-0.39, 0.29) is 17.0 Å². The van der Waals surface area contributed by atoms with Gasteiger partial charge in [-0.05, 0) is 58.2 Å². The zero-order valence-electron chi connectivity index (χ0n) is 10.6. The largest absolute Gasteiger partial charge is 0.396 e. The van der Waals surface area contributed by atoms with Crippen molar-refractivity contribution in [3.63, 3.8) is 0 Å². The number of nitrogens with one attached hydrogen (secondary N) is 1. The number of hydrogen-bond donors (Lipinski definition) is 2. The Morgan fingerprint density at radius 2 is 1.90 bits per heavy atom. The molecule has 0 aliphatic heterocycles. The van der Waals surface area contributed by atoms with Crippen LogP contribution in [0.5, 0.6) is 0 Å². The third kappa shape index (κ3) is 3.65. The Hall–Kier alpha value is -1.72. The van der Waals surface area contributed by atoms with E-state index in [0.717, 1.165) is 5.56 Å². The van der Waals surface area contributed by atoms with E-state index < -0.39 is 5.82 Å². The molecule has 20 heavy (non-hydrogen) atoms. The van der Waals surface area contributed by atoms with Crippen LogP contribution in [0.4, 0.5) is 10.1 Å². The molecule has 2 aromatic carbocycles. The van der Waals surface area contributed by atoms with Gasteiger partial charge < -0.3 is 10.4 Å².